The Kier molecular flexibility index (Phi) is 6.58. The highest BCUT2D eigenvalue weighted by molar-refractivity contribution is 5.29. The van der Waals surface area contributed by atoms with Crippen LogP contribution in [-0.4, -0.2) is 43.7 Å². The van der Waals surface area contributed by atoms with E-state index in [2.05, 4.69) is 22.1 Å². The maximum atomic E-state index is 5.73. The van der Waals surface area contributed by atoms with Crippen LogP contribution in [0.25, 0.3) is 0 Å². The second-order valence-corrected chi connectivity index (χ2v) is 4.31. The van der Waals surface area contributed by atoms with Crippen LogP contribution < -0.4 is 10.1 Å². The van der Waals surface area contributed by atoms with Crippen molar-refractivity contribution in [3.8, 4) is 5.75 Å². The summed E-state index contributed by atoms with van der Waals surface area (Å²) in [5.74, 6) is 0.887. The molecule has 0 saturated heterocycles. The van der Waals surface area contributed by atoms with Crippen LogP contribution in [0.1, 0.15) is 18.9 Å². The predicted octanol–water partition coefficient (Wildman–Crippen LogP) is 1.52. The van der Waals surface area contributed by atoms with Crippen LogP contribution in [0.15, 0.2) is 18.5 Å². The number of hydrogen-bond acceptors (Lipinski definition) is 4. The van der Waals surface area contributed by atoms with Gasteiger partial charge in [-0.05, 0) is 33.1 Å². The Morgan fingerprint density at radius 1 is 1.41 bits per heavy atom. The van der Waals surface area contributed by atoms with Crippen LogP contribution in [0.4, 0.5) is 0 Å². The Bertz CT molecular complexity index is 315. The first kappa shape index (κ1) is 13.9. The molecule has 0 radical (unpaired) electrons. The van der Waals surface area contributed by atoms with Gasteiger partial charge >= 0.3 is 0 Å². The van der Waals surface area contributed by atoms with E-state index in [1.54, 1.807) is 6.20 Å². The molecule has 1 heterocycles. The lowest BCUT2D eigenvalue weighted by molar-refractivity contribution is 0.258. The van der Waals surface area contributed by atoms with Crippen molar-refractivity contribution in [2.75, 3.05) is 33.8 Å². The minimum Gasteiger partial charge on any atom is -0.490 e. The summed E-state index contributed by atoms with van der Waals surface area (Å²) in [4.78, 5) is 6.21. The molecule has 0 saturated carbocycles. The number of pyridine rings is 1. The number of ether oxygens (including phenoxy) is 1. The second-order valence-electron chi connectivity index (χ2n) is 4.31. The molecule has 0 aliphatic carbocycles. The normalized spacial score (nSPS) is 10.8. The van der Waals surface area contributed by atoms with E-state index in [9.17, 15) is 0 Å². The highest BCUT2D eigenvalue weighted by Crippen LogP contribution is 2.15. The van der Waals surface area contributed by atoms with Crippen LogP contribution in [0.3, 0.4) is 0 Å². The fraction of sp³-hybridized carbons (Fsp3) is 0.615. The summed E-state index contributed by atoms with van der Waals surface area (Å²) in [5.41, 5.74) is 1.17. The van der Waals surface area contributed by atoms with Gasteiger partial charge in [0.25, 0.3) is 0 Å². The molecule has 0 fully saturated rings. The van der Waals surface area contributed by atoms with Crippen LogP contribution >= 0.6 is 0 Å². The van der Waals surface area contributed by atoms with E-state index in [4.69, 9.17) is 4.74 Å². The van der Waals surface area contributed by atoms with Crippen LogP contribution in [-0.2, 0) is 6.54 Å². The van der Waals surface area contributed by atoms with E-state index in [0.29, 0.717) is 6.61 Å². The molecular formula is C13H23N3O. The Balaban J connectivity index is 2.46. The zero-order valence-corrected chi connectivity index (χ0v) is 11.1. The standard InChI is InChI=1S/C13H23N3O/c1-4-6-14-10-12-5-7-15-11-13(12)17-9-8-16(2)3/h5,7,11,14H,4,6,8-10H2,1-3H3. The van der Waals surface area contributed by atoms with Crippen LogP contribution in [0.2, 0.25) is 0 Å². The van der Waals surface area contributed by atoms with Crippen molar-refractivity contribution in [1.29, 1.82) is 0 Å². The lowest BCUT2D eigenvalue weighted by Crippen LogP contribution is -2.20. The summed E-state index contributed by atoms with van der Waals surface area (Å²) in [5, 5.41) is 3.37. The average molecular weight is 237 g/mol. The van der Waals surface area contributed by atoms with Gasteiger partial charge in [0.05, 0.1) is 6.20 Å². The first-order chi connectivity index (χ1) is 8.24. The van der Waals surface area contributed by atoms with Crippen molar-refractivity contribution in [1.82, 2.24) is 15.2 Å². The van der Waals surface area contributed by atoms with E-state index >= 15 is 0 Å². The van der Waals surface area contributed by atoms with Crippen molar-refractivity contribution >= 4 is 0 Å². The van der Waals surface area contributed by atoms with Gasteiger partial charge in [0.2, 0.25) is 0 Å². The minimum atomic E-state index is 0.694. The summed E-state index contributed by atoms with van der Waals surface area (Å²) >= 11 is 0. The van der Waals surface area contributed by atoms with Gasteiger partial charge < -0.3 is 15.0 Å². The molecule has 1 N–H and O–H groups in total. The number of nitrogens with one attached hydrogen (secondary N) is 1. The molecule has 0 amide bonds. The van der Waals surface area contributed by atoms with Crippen molar-refractivity contribution in [2.24, 2.45) is 0 Å². The molecule has 4 heteroatoms. The van der Waals surface area contributed by atoms with Gasteiger partial charge in [-0.2, -0.15) is 0 Å². The molecular weight excluding hydrogens is 214 g/mol. The van der Waals surface area contributed by atoms with Gasteiger partial charge in [-0.25, -0.2) is 0 Å². The summed E-state index contributed by atoms with van der Waals surface area (Å²) in [6, 6.07) is 2.01. The Hall–Kier alpha value is -1.13. The minimum absolute atomic E-state index is 0.694. The first-order valence-electron chi connectivity index (χ1n) is 6.15. The van der Waals surface area contributed by atoms with Gasteiger partial charge in [0, 0.05) is 24.8 Å². The molecule has 4 nitrogen and oxygen atoms in total. The fourth-order valence-corrected chi connectivity index (χ4v) is 1.42. The van der Waals surface area contributed by atoms with Crippen LogP contribution in [0, 0.1) is 0 Å². The maximum absolute atomic E-state index is 5.73. The summed E-state index contributed by atoms with van der Waals surface area (Å²) in [6.45, 7) is 5.64. The lowest BCUT2D eigenvalue weighted by atomic mass is 10.2. The second kappa shape index (κ2) is 8.03. The molecule has 0 spiro atoms. The molecule has 1 aromatic heterocycles. The van der Waals surface area contributed by atoms with Crippen molar-refractivity contribution in [2.45, 2.75) is 19.9 Å². The topological polar surface area (TPSA) is 37.4 Å². The third kappa shape index (κ3) is 5.65. The van der Waals surface area contributed by atoms with E-state index < -0.39 is 0 Å². The molecule has 0 atom stereocenters. The van der Waals surface area contributed by atoms with E-state index in [0.717, 1.165) is 31.8 Å². The monoisotopic (exact) mass is 237 g/mol. The largest absolute Gasteiger partial charge is 0.490 e. The van der Waals surface area contributed by atoms with Crippen molar-refractivity contribution in [3.63, 3.8) is 0 Å². The third-order valence-electron chi connectivity index (χ3n) is 2.41. The Morgan fingerprint density at radius 2 is 2.24 bits per heavy atom. The lowest BCUT2D eigenvalue weighted by Gasteiger charge is -2.13. The third-order valence-corrected chi connectivity index (χ3v) is 2.41. The van der Waals surface area contributed by atoms with Gasteiger partial charge in [-0.1, -0.05) is 6.92 Å². The number of nitrogens with zero attached hydrogens (tertiary/aromatic N) is 2. The summed E-state index contributed by atoms with van der Waals surface area (Å²) < 4.78 is 5.73. The molecule has 0 aliphatic heterocycles. The molecule has 1 rings (SSSR count). The molecule has 96 valence electrons. The molecule has 0 unspecified atom stereocenters. The molecule has 1 aromatic rings. The van der Waals surface area contributed by atoms with Gasteiger partial charge in [0.1, 0.15) is 12.4 Å². The maximum Gasteiger partial charge on any atom is 0.142 e. The zero-order valence-electron chi connectivity index (χ0n) is 11.1. The predicted molar refractivity (Wildman–Crippen MR) is 70.3 cm³/mol. The average Bonchev–Trinajstić information content (AvgIpc) is 2.31. The Labute approximate surface area is 104 Å². The molecule has 0 aliphatic rings. The van der Waals surface area contributed by atoms with Gasteiger partial charge in [-0.3, -0.25) is 4.98 Å². The van der Waals surface area contributed by atoms with Crippen molar-refractivity contribution in [3.05, 3.63) is 24.0 Å². The number of hydrogen-bond donors (Lipinski definition) is 1. The van der Waals surface area contributed by atoms with E-state index in [1.165, 1.54) is 5.56 Å². The van der Waals surface area contributed by atoms with Gasteiger partial charge in [-0.15, -0.1) is 0 Å². The SMILES string of the molecule is CCCNCc1ccncc1OCCN(C)C. The fourth-order valence-electron chi connectivity index (χ4n) is 1.42. The highest BCUT2D eigenvalue weighted by atomic mass is 16.5. The quantitative estimate of drug-likeness (QED) is 0.696. The number of rotatable bonds is 8. The summed E-state index contributed by atoms with van der Waals surface area (Å²) in [7, 11) is 4.08. The number of aromatic nitrogens is 1. The number of likely N-dealkylation sites (N-methyl/N-ethyl adjacent to an activating group) is 1. The molecule has 17 heavy (non-hydrogen) atoms. The highest BCUT2D eigenvalue weighted by Gasteiger charge is 2.03. The smallest absolute Gasteiger partial charge is 0.142 e. The van der Waals surface area contributed by atoms with E-state index in [-0.39, 0.29) is 0 Å². The zero-order chi connectivity index (χ0) is 12.5. The first-order valence-corrected chi connectivity index (χ1v) is 6.15. The summed E-state index contributed by atoms with van der Waals surface area (Å²) in [6.07, 6.45) is 4.74. The van der Waals surface area contributed by atoms with E-state index in [1.807, 2.05) is 26.4 Å². The van der Waals surface area contributed by atoms with Crippen molar-refractivity contribution < 1.29 is 4.74 Å². The molecule has 0 aromatic carbocycles. The van der Waals surface area contributed by atoms with Crippen LogP contribution in [0.5, 0.6) is 5.75 Å². The molecule has 0 bridgehead atoms. The Morgan fingerprint density at radius 3 is 2.94 bits per heavy atom. The van der Waals surface area contributed by atoms with Gasteiger partial charge in [0.15, 0.2) is 0 Å².